The van der Waals surface area contributed by atoms with Crippen molar-refractivity contribution < 1.29 is 14.3 Å². The van der Waals surface area contributed by atoms with Gasteiger partial charge in [0.1, 0.15) is 18.2 Å². The Hall–Kier alpha value is -3.23. The minimum atomic E-state index is -0.413. The van der Waals surface area contributed by atoms with Gasteiger partial charge in [0, 0.05) is 16.6 Å². The van der Waals surface area contributed by atoms with Crippen LogP contribution in [0.1, 0.15) is 37.5 Å². The molecule has 0 saturated carbocycles. The minimum absolute atomic E-state index is 0.0236. The number of benzene rings is 2. The van der Waals surface area contributed by atoms with Gasteiger partial charge in [0.15, 0.2) is 11.5 Å². The van der Waals surface area contributed by atoms with Crippen LogP contribution in [0.3, 0.4) is 0 Å². The maximum atomic E-state index is 12.3. The summed E-state index contributed by atoms with van der Waals surface area (Å²) in [6.07, 6.45) is 3.86. The average molecular weight is 439 g/mol. The highest BCUT2D eigenvalue weighted by Gasteiger charge is 2.15. The highest BCUT2D eigenvalue weighted by Crippen LogP contribution is 2.35. The highest BCUT2D eigenvalue weighted by molar-refractivity contribution is 6.30. The highest BCUT2D eigenvalue weighted by atomic mass is 35.5. The Kier molecular flexibility index (Phi) is 9.17. The van der Waals surface area contributed by atoms with Crippen molar-refractivity contribution in [2.24, 2.45) is 0 Å². The fourth-order valence-corrected chi connectivity index (χ4v) is 3.02. The Morgan fingerprint density at radius 1 is 1.26 bits per heavy atom. The Morgan fingerprint density at radius 2 is 1.97 bits per heavy atom. The Labute approximate surface area is 188 Å². The van der Waals surface area contributed by atoms with Gasteiger partial charge < -0.3 is 14.8 Å². The van der Waals surface area contributed by atoms with E-state index < -0.39 is 5.91 Å². The van der Waals surface area contributed by atoms with Gasteiger partial charge in [-0.25, -0.2) is 0 Å². The number of amides is 1. The van der Waals surface area contributed by atoms with Gasteiger partial charge in [-0.15, -0.1) is 6.58 Å². The van der Waals surface area contributed by atoms with Crippen LogP contribution in [-0.2, 0) is 17.8 Å². The van der Waals surface area contributed by atoms with E-state index in [1.807, 2.05) is 57.2 Å². The summed E-state index contributed by atoms with van der Waals surface area (Å²) >= 11 is 5.95. The number of hydrogen-bond donors (Lipinski definition) is 1. The van der Waals surface area contributed by atoms with Crippen molar-refractivity contribution in [1.82, 2.24) is 5.32 Å². The van der Waals surface area contributed by atoms with Crippen molar-refractivity contribution >= 4 is 23.6 Å². The van der Waals surface area contributed by atoms with E-state index in [4.69, 9.17) is 21.1 Å². The maximum Gasteiger partial charge on any atom is 0.262 e. The topological polar surface area (TPSA) is 71.4 Å². The fraction of sp³-hybridized carbons (Fsp3) is 0.280. The molecule has 0 saturated heterocycles. The predicted octanol–water partition coefficient (Wildman–Crippen LogP) is 5.48. The van der Waals surface area contributed by atoms with Crippen molar-refractivity contribution in [2.45, 2.75) is 39.8 Å². The number of halogens is 1. The van der Waals surface area contributed by atoms with E-state index in [0.29, 0.717) is 41.7 Å². The lowest BCUT2D eigenvalue weighted by atomic mass is 10.0. The molecule has 0 bridgehead atoms. The lowest BCUT2D eigenvalue weighted by Gasteiger charge is -2.17. The van der Waals surface area contributed by atoms with Crippen LogP contribution in [0.25, 0.3) is 6.08 Å². The molecule has 6 heteroatoms. The summed E-state index contributed by atoms with van der Waals surface area (Å²) < 4.78 is 11.9. The van der Waals surface area contributed by atoms with Crippen molar-refractivity contribution in [3.05, 3.63) is 76.3 Å². The molecule has 0 heterocycles. The molecule has 0 fully saturated rings. The molecule has 2 rings (SSSR count). The second kappa shape index (κ2) is 11.8. The quantitative estimate of drug-likeness (QED) is 0.303. The van der Waals surface area contributed by atoms with E-state index in [1.165, 1.54) is 0 Å². The van der Waals surface area contributed by atoms with Gasteiger partial charge in [-0.05, 0) is 68.7 Å². The number of hydrogen-bond acceptors (Lipinski definition) is 4. The molecule has 0 unspecified atom stereocenters. The zero-order valence-electron chi connectivity index (χ0n) is 18.1. The summed E-state index contributed by atoms with van der Waals surface area (Å²) in [4.78, 5) is 12.3. The third kappa shape index (κ3) is 7.20. The second-order valence-corrected chi connectivity index (χ2v) is 7.58. The number of carbonyl (C=O) groups excluding carboxylic acids is 1. The zero-order chi connectivity index (χ0) is 22.8. The van der Waals surface area contributed by atoms with Gasteiger partial charge in [-0.1, -0.05) is 29.8 Å². The molecule has 5 nitrogen and oxygen atoms in total. The number of carbonyl (C=O) groups is 1. The van der Waals surface area contributed by atoms with Crippen LogP contribution >= 0.6 is 11.6 Å². The fourth-order valence-electron chi connectivity index (χ4n) is 2.89. The molecule has 1 N–H and O–H groups in total. The molecule has 0 aliphatic rings. The Morgan fingerprint density at radius 3 is 2.55 bits per heavy atom. The number of ether oxygens (including phenoxy) is 2. The number of allylic oxidation sites excluding steroid dienone is 1. The first-order valence-corrected chi connectivity index (χ1v) is 10.5. The van der Waals surface area contributed by atoms with Crippen LogP contribution in [0.2, 0.25) is 5.02 Å². The van der Waals surface area contributed by atoms with Gasteiger partial charge in [0.2, 0.25) is 0 Å². The van der Waals surface area contributed by atoms with Crippen LogP contribution in [0.5, 0.6) is 11.5 Å². The molecule has 0 aliphatic carbocycles. The molecule has 2 aromatic carbocycles. The third-order valence-corrected chi connectivity index (χ3v) is 4.46. The van der Waals surface area contributed by atoms with Gasteiger partial charge in [0.25, 0.3) is 5.91 Å². The van der Waals surface area contributed by atoms with E-state index in [2.05, 4.69) is 11.9 Å². The minimum Gasteiger partial charge on any atom is -0.490 e. The summed E-state index contributed by atoms with van der Waals surface area (Å²) in [6.45, 7) is 10.2. The van der Waals surface area contributed by atoms with Crippen LogP contribution < -0.4 is 14.8 Å². The van der Waals surface area contributed by atoms with Crippen molar-refractivity contribution in [3.8, 4) is 17.6 Å². The molecule has 0 radical (unpaired) electrons. The Bertz CT molecular complexity index is 989. The summed E-state index contributed by atoms with van der Waals surface area (Å²) in [5.41, 5.74) is 2.52. The summed E-state index contributed by atoms with van der Waals surface area (Å²) in [6, 6.07) is 13.0. The van der Waals surface area contributed by atoms with Crippen molar-refractivity contribution in [1.29, 1.82) is 5.26 Å². The monoisotopic (exact) mass is 438 g/mol. The molecule has 0 atom stereocenters. The molecule has 1 amide bonds. The van der Waals surface area contributed by atoms with E-state index in [1.54, 1.807) is 18.2 Å². The summed E-state index contributed by atoms with van der Waals surface area (Å²) in [5.74, 6) is 0.742. The zero-order valence-corrected chi connectivity index (χ0v) is 18.8. The number of rotatable bonds is 10. The maximum absolute atomic E-state index is 12.3. The van der Waals surface area contributed by atoms with Gasteiger partial charge in [-0.2, -0.15) is 5.26 Å². The van der Waals surface area contributed by atoms with E-state index in [9.17, 15) is 10.1 Å². The Balaban J connectivity index is 2.42. The molecule has 0 spiro atoms. The third-order valence-electron chi connectivity index (χ3n) is 4.21. The summed E-state index contributed by atoms with van der Waals surface area (Å²) in [5, 5.41) is 12.8. The molecule has 31 heavy (non-hydrogen) atoms. The summed E-state index contributed by atoms with van der Waals surface area (Å²) in [7, 11) is 0. The van der Waals surface area contributed by atoms with E-state index in [-0.39, 0.29) is 11.6 Å². The largest absolute Gasteiger partial charge is 0.490 e. The van der Waals surface area contributed by atoms with Crippen LogP contribution in [-0.4, -0.2) is 18.6 Å². The standard InChI is InChI=1S/C25H27ClN2O3/c1-5-7-20-12-19(13-21(15-27)25(29)28-17(3)4)14-23(30-6-2)24(20)31-16-18-8-10-22(26)11-9-18/h5,8-14,17H,1,6-7,16H2,2-4H3,(H,28,29)/b21-13-. The molecular weight excluding hydrogens is 412 g/mol. The molecule has 2 aromatic rings. The predicted molar refractivity (Wildman–Crippen MR) is 124 cm³/mol. The van der Waals surface area contributed by atoms with Crippen LogP contribution in [0, 0.1) is 11.3 Å². The van der Waals surface area contributed by atoms with E-state index in [0.717, 1.165) is 11.1 Å². The normalized spacial score (nSPS) is 11.0. The lowest BCUT2D eigenvalue weighted by molar-refractivity contribution is -0.117. The number of nitrogens with zero attached hydrogens (tertiary/aromatic N) is 1. The SMILES string of the molecule is C=CCc1cc(/C=C(/C#N)C(=O)NC(C)C)cc(OCC)c1OCc1ccc(Cl)cc1. The average Bonchev–Trinajstić information content (AvgIpc) is 2.72. The second-order valence-electron chi connectivity index (χ2n) is 7.15. The molecule has 162 valence electrons. The first-order chi connectivity index (χ1) is 14.9. The van der Waals surface area contributed by atoms with Crippen molar-refractivity contribution in [2.75, 3.05) is 6.61 Å². The molecule has 0 aliphatic heterocycles. The van der Waals surface area contributed by atoms with Gasteiger partial charge in [-0.3, -0.25) is 4.79 Å². The first kappa shape index (κ1) is 24.0. The van der Waals surface area contributed by atoms with Crippen LogP contribution in [0.15, 0.2) is 54.6 Å². The first-order valence-electron chi connectivity index (χ1n) is 10.1. The van der Waals surface area contributed by atoms with Gasteiger partial charge >= 0.3 is 0 Å². The lowest BCUT2D eigenvalue weighted by Crippen LogP contribution is -2.30. The number of nitriles is 1. The van der Waals surface area contributed by atoms with Gasteiger partial charge in [0.05, 0.1) is 6.61 Å². The van der Waals surface area contributed by atoms with E-state index >= 15 is 0 Å². The smallest absolute Gasteiger partial charge is 0.262 e. The molecular formula is C25H27ClN2O3. The van der Waals surface area contributed by atoms with Crippen LogP contribution in [0.4, 0.5) is 0 Å². The number of nitrogens with one attached hydrogen (secondary N) is 1. The molecule has 0 aromatic heterocycles. The van der Waals surface area contributed by atoms with Crippen molar-refractivity contribution in [3.63, 3.8) is 0 Å².